The number of hydrogen-bond donors (Lipinski definition) is 2. The third kappa shape index (κ3) is 6.48. The minimum Gasteiger partial charge on any atom is -0.378 e. The molecule has 130 valence electrons. The zero-order chi connectivity index (χ0) is 15.6. The van der Waals surface area contributed by atoms with Crippen molar-refractivity contribution < 1.29 is 9.47 Å². The van der Waals surface area contributed by atoms with Gasteiger partial charge in [-0.25, -0.2) is 0 Å². The molecule has 0 amide bonds. The molecule has 2 heterocycles. The summed E-state index contributed by atoms with van der Waals surface area (Å²) in [6.45, 7) is 14.1. The Balaban J connectivity index is 1.39. The highest BCUT2D eigenvalue weighted by Crippen LogP contribution is 2.04. The molecule has 0 saturated carbocycles. The van der Waals surface area contributed by atoms with Gasteiger partial charge in [0.1, 0.15) is 0 Å². The summed E-state index contributed by atoms with van der Waals surface area (Å²) < 4.78 is 11.4. The molecule has 6 nitrogen and oxygen atoms in total. The van der Waals surface area contributed by atoms with Gasteiger partial charge in [-0.15, -0.1) is 0 Å². The van der Waals surface area contributed by atoms with E-state index in [1.54, 1.807) is 0 Å². The average Bonchev–Trinajstić information content (AvgIpc) is 2.53. The van der Waals surface area contributed by atoms with Crippen LogP contribution in [0.4, 0.5) is 0 Å². The largest absolute Gasteiger partial charge is 0.378 e. The Labute approximate surface area is 135 Å². The third-order valence-corrected chi connectivity index (χ3v) is 4.64. The first kappa shape index (κ1) is 18.1. The molecule has 0 aromatic heterocycles. The predicted molar refractivity (Wildman–Crippen MR) is 88.9 cm³/mol. The number of nitrogens with zero attached hydrogens (tertiary/aromatic N) is 2. The lowest BCUT2D eigenvalue weighted by molar-refractivity contribution is 0.0163. The maximum Gasteiger partial charge on any atom is 0.0701 e. The lowest BCUT2D eigenvalue weighted by atomic mass is 10.2. The molecule has 2 aliphatic rings. The molecule has 0 aliphatic carbocycles. The van der Waals surface area contributed by atoms with E-state index in [1.165, 1.54) is 25.9 Å². The molecule has 0 radical (unpaired) electrons. The lowest BCUT2D eigenvalue weighted by Crippen LogP contribution is -2.50. The van der Waals surface area contributed by atoms with Gasteiger partial charge in [0.2, 0.25) is 0 Å². The van der Waals surface area contributed by atoms with E-state index >= 15 is 0 Å². The van der Waals surface area contributed by atoms with Crippen LogP contribution in [0.3, 0.4) is 0 Å². The quantitative estimate of drug-likeness (QED) is 0.597. The number of ether oxygens (including phenoxy) is 2. The molecule has 2 N–H and O–H groups in total. The fourth-order valence-electron chi connectivity index (χ4n) is 3.13. The Morgan fingerprint density at radius 3 is 1.64 bits per heavy atom. The Bertz CT molecular complexity index is 265. The molecule has 2 rings (SSSR count). The van der Waals surface area contributed by atoms with E-state index in [9.17, 15) is 0 Å². The molecule has 0 aromatic rings. The summed E-state index contributed by atoms with van der Waals surface area (Å²) in [5.41, 5.74) is 0. The van der Waals surface area contributed by atoms with Gasteiger partial charge in [0, 0.05) is 26.2 Å². The van der Waals surface area contributed by atoms with Crippen LogP contribution in [-0.2, 0) is 9.47 Å². The first-order valence-corrected chi connectivity index (χ1v) is 8.88. The van der Waals surface area contributed by atoms with E-state index < -0.39 is 0 Å². The minimum atomic E-state index is 0.480. The summed E-state index contributed by atoms with van der Waals surface area (Å²) in [7, 11) is 0. The van der Waals surface area contributed by atoms with Gasteiger partial charge in [-0.2, -0.15) is 0 Å². The van der Waals surface area contributed by atoms with E-state index in [2.05, 4.69) is 34.3 Å². The van der Waals surface area contributed by atoms with Gasteiger partial charge in [-0.05, 0) is 39.8 Å². The molecule has 2 saturated heterocycles. The summed E-state index contributed by atoms with van der Waals surface area (Å²) in [5, 5.41) is 6.94. The fraction of sp³-hybridized carbons (Fsp3) is 1.00. The summed E-state index contributed by atoms with van der Waals surface area (Å²) in [6.07, 6.45) is 3.43. The smallest absolute Gasteiger partial charge is 0.0701 e. The van der Waals surface area contributed by atoms with Crippen LogP contribution >= 0.6 is 0 Å². The Hall–Kier alpha value is -0.240. The molecule has 0 spiro atoms. The van der Waals surface area contributed by atoms with Crippen molar-refractivity contribution in [3.05, 3.63) is 0 Å². The summed E-state index contributed by atoms with van der Waals surface area (Å²) in [4.78, 5) is 4.88. The highest BCUT2D eigenvalue weighted by molar-refractivity contribution is 4.72. The van der Waals surface area contributed by atoms with E-state index in [0.29, 0.717) is 25.5 Å². The van der Waals surface area contributed by atoms with Gasteiger partial charge in [0.05, 0.1) is 38.8 Å². The molecular weight excluding hydrogens is 280 g/mol. The van der Waals surface area contributed by atoms with Crippen LogP contribution in [0.5, 0.6) is 0 Å². The van der Waals surface area contributed by atoms with Crippen LogP contribution in [0.25, 0.3) is 0 Å². The average molecular weight is 314 g/mol. The maximum absolute atomic E-state index is 5.68. The van der Waals surface area contributed by atoms with Crippen molar-refractivity contribution in [2.45, 2.75) is 39.0 Å². The van der Waals surface area contributed by atoms with Crippen molar-refractivity contribution in [2.24, 2.45) is 0 Å². The predicted octanol–water partition coefficient (Wildman–Crippen LogP) is 0.302. The van der Waals surface area contributed by atoms with Crippen molar-refractivity contribution in [3.8, 4) is 0 Å². The van der Waals surface area contributed by atoms with Crippen molar-refractivity contribution in [1.82, 2.24) is 20.4 Å². The van der Waals surface area contributed by atoms with Crippen LogP contribution in [0, 0.1) is 0 Å². The van der Waals surface area contributed by atoms with Crippen LogP contribution < -0.4 is 10.6 Å². The molecule has 2 fully saturated rings. The van der Waals surface area contributed by atoms with Crippen LogP contribution in [0.15, 0.2) is 0 Å². The van der Waals surface area contributed by atoms with E-state index in [1.807, 2.05) is 0 Å². The molecule has 22 heavy (non-hydrogen) atoms. The van der Waals surface area contributed by atoms with Gasteiger partial charge in [0.25, 0.3) is 0 Å². The number of hydrogen-bond acceptors (Lipinski definition) is 6. The van der Waals surface area contributed by atoms with E-state index in [4.69, 9.17) is 9.47 Å². The first-order chi connectivity index (χ1) is 10.8. The number of nitrogens with one attached hydrogen (secondary N) is 2. The fourth-order valence-corrected chi connectivity index (χ4v) is 3.13. The van der Waals surface area contributed by atoms with Gasteiger partial charge >= 0.3 is 0 Å². The van der Waals surface area contributed by atoms with Crippen molar-refractivity contribution in [2.75, 3.05) is 65.7 Å². The second-order valence-corrected chi connectivity index (χ2v) is 6.26. The monoisotopic (exact) mass is 314 g/mol. The highest BCUT2D eigenvalue weighted by atomic mass is 16.5. The third-order valence-electron chi connectivity index (χ3n) is 4.64. The van der Waals surface area contributed by atoms with E-state index in [-0.39, 0.29) is 0 Å². The number of rotatable bonds is 9. The Kier molecular flexibility index (Phi) is 8.66. The zero-order valence-electron chi connectivity index (χ0n) is 14.4. The Morgan fingerprint density at radius 2 is 1.23 bits per heavy atom. The van der Waals surface area contributed by atoms with E-state index in [0.717, 1.165) is 39.4 Å². The molecule has 2 unspecified atom stereocenters. The molecule has 6 heteroatoms. The molecule has 0 aromatic carbocycles. The minimum absolute atomic E-state index is 0.480. The Morgan fingerprint density at radius 1 is 0.773 bits per heavy atom. The van der Waals surface area contributed by atoms with Gasteiger partial charge in [-0.1, -0.05) is 0 Å². The summed E-state index contributed by atoms with van der Waals surface area (Å²) in [5.74, 6) is 0. The summed E-state index contributed by atoms with van der Waals surface area (Å²) in [6, 6.07) is 0. The topological polar surface area (TPSA) is 49.0 Å². The SMILES string of the molecule is CC1NCCCN1CCOCCOCCN1CCCNC1C. The van der Waals surface area contributed by atoms with Crippen molar-refractivity contribution in [3.63, 3.8) is 0 Å². The van der Waals surface area contributed by atoms with Gasteiger partial charge in [0.15, 0.2) is 0 Å². The van der Waals surface area contributed by atoms with Crippen LogP contribution in [0.1, 0.15) is 26.7 Å². The standard InChI is InChI=1S/C16H34N4O2/c1-15-17-5-3-7-19(15)9-11-21-13-14-22-12-10-20-8-4-6-18-16(20)2/h15-18H,3-14H2,1-2H3. The molecule has 2 aliphatic heterocycles. The van der Waals surface area contributed by atoms with Crippen LogP contribution in [0.2, 0.25) is 0 Å². The normalized spacial score (nSPS) is 28.1. The van der Waals surface area contributed by atoms with Gasteiger partial charge < -0.3 is 20.1 Å². The second kappa shape index (κ2) is 10.5. The van der Waals surface area contributed by atoms with Gasteiger partial charge in [-0.3, -0.25) is 9.80 Å². The van der Waals surface area contributed by atoms with Crippen molar-refractivity contribution >= 4 is 0 Å². The molecule has 2 atom stereocenters. The maximum atomic E-state index is 5.68. The highest BCUT2D eigenvalue weighted by Gasteiger charge is 2.17. The molecule has 0 bridgehead atoms. The lowest BCUT2D eigenvalue weighted by Gasteiger charge is -2.34. The van der Waals surface area contributed by atoms with Crippen molar-refractivity contribution in [1.29, 1.82) is 0 Å². The molecular formula is C16H34N4O2. The summed E-state index contributed by atoms with van der Waals surface area (Å²) >= 11 is 0. The first-order valence-electron chi connectivity index (χ1n) is 8.88. The zero-order valence-corrected chi connectivity index (χ0v) is 14.4. The second-order valence-electron chi connectivity index (χ2n) is 6.26. The van der Waals surface area contributed by atoms with Crippen LogP contribution in [-0.4, -0.2) is 87.8 Å².